The Hall–Kier alpha value is -2.14. The monoisotopic (exact) mass is 379 g/mol. The average Bonchev–Trinajstić information content (AvgIpc) is 2.46. The van der Waals surface area contributed by atoms with Crippen molar-refractivity contribution in [1.82, 2.24) is 0 Å². The van der Waals surface area contributed by atoms with Gasteiger partial charge in [-0.1, -0.05) is 12.1 Å². The Bertz CT molecular complexity index is 695. The van der Waals surface area contributed by atoms with Crippen LogP contribution in [-0.2, 0) is 6.54 Å². The molecular formula is C14H10IN3O2. The van der Waals surface area contributed by atoms with Gasteiger partial charge in [-0.15, -0.1) is 0 Å². The predicted octanol–water partition coefficient (Wildman–Crippen LogP) is 3.68. The second-order valence-electron chi connectivity index (χ2n) is 4.08. The van der Waals surface area contributed by atoms with Gasteiger partial charge in [-0.3, -0.25) is 10.1 Å². The molecule has 0 bridgehead atoms. The highest BCUT2D eigenvalue weighted by atomic mass is 127. The van der Waals surface area contributed by atoms with Crippen molar-refractivity contribution < 1.29 is 4.92 Å². The topological polar surface area (TPSA) is 79.0 Å². The molecule has 0 unspecified atom stereocenters. The van der Waals surface area contributed by atoms with E-state index >= 15 is 0 Å². The third-order valence-electron chi connectivity index (χ3n) is 2.70. The maximum Gasteiger partial charge on any atom is 0.293 e. The van der Waals surface area contributed by atoms with Gasteiger partial charge in [0, 0.05) is 16.2 Å². The Morgan fingerprint density at radius 1 is 1.30 bits per heavy atom. The summed E-state index contributed by atoms with van der Waals surface area (Å²) in [5.74, 6) is 0. The largest absolute Gasteiger partial charge is 0.375 e. The van der Waals surface area contributed by atoms with Crippen LogP contribution in [0.25, 0.3) is 0 Å². The highest BCUT2D eigenvalue weighted by Crippen LogP contribution is 2.26. The maximum absolute atomic E-state index is 11.0. The summed E-state index contributed by atoms with van der Waals surface area (Å²) >= 11 is 2.04. The summed E-state index contributed by atoms with van der Waals surface area (Å²) in [7, 11) is 0. The third-order valence-corrected chi connectivity index (χ3v) is 3.37. The maximum atomic E-state index is 11.0. The van der Waals surface area contributed by atoms with Gasteiger partial charge >= 0.3 is 0 Å². The summed E-state index contributed by atoms with van der Waals surface area (Å²) in [6.45, 7) is 0.428. The van der Waals surface area contributed by atoms with Crippen LogP contribution in [0.2, 0.25) is 0 Å². The van der Waals surface area contributed by atoms with E-state index in [0.29, 0.717) is 17.8 Å². The normalized spacial score (nSPS) is 9.80. The molecule has 0 aromatic heterocycles. The quantitative estimate of drug-likeness (QED) is 0.499. The summed E-state index contributed by atoms with van der Waals surface area (Å²) in [4.78, 5) is 10.6. The molecule has 0 aliphatic rings. The molecule has 2 aromatic rings. The van der Waals surface area contributed by atoms with Crippen LogP contribution in [0.4, 0.5) is 11.4 Å². The van der Waals surface area contributed by atoms with Crippen molar-refractivity contribution in [2.24, 2.45) is 0 Å². The average molecular weight is 379 g/mol. The first-order valence-corrected chi connectivity index (χ1v) is 6.85. The first kappa shape index (κ1) is 14.3. The van der Waals surface area contributed by atoms with Gasteiger partial charge in [0.25, 0.3) is 5.69 Å². The first-order chi connectivity index (χ1) is 9.60. The van der Waals surface area contributed by atoms with Gasteiger partial charge in [0.15, 0.2) is 0 Å². The minimum absolute atomic E-state index is 0.0494. The Labute approximate surface area is 129 Å². The lowest BCUT2D eigenvalue weighted by molar-refractivity contribution is -0.384. The highest BCUT2D eigenvalue weighted by molar-refractivity contribution is 14.1. The van der Waals surface area contributed by atoms with Crippen LogP contribution in [0.15, 0.2) is 42.5 Å². The molecule has 2 aromatic carbocycles. The number of nitriles is 1. The molecule has 0 aliphatic carbocycles. The van der Waals surface area contributed by atoms with E-state index in [1.165, 1.54) is 6.07 Å². The molecule has 0 saturated heterocycles. The number of nitrogens with one attached hydrogen (secondary N) is 1. The molecule has 0 saturated carbocycles. The second-order valence-corrected chi connectivity index (χ2v) is 5.33. The number of halogens is 1. The Balaban J connectivity index is 2.19. The molecule has 1 N–H and O–H groups in total. The van der Waals surface area contributed by atoms with Crippen LogP contribution in [0, 0.1) is 25.0 Å². The van der Waals surface area contributed by atoms with Crippen molar-refractivity contribution in [3.8, 4) is 6.07 Å². The number of nitro benzene ring substituents is 1. The van der Waals surface area contributed by atoms with Crippen LogP contribution < -0.4 is 5.32 Å². The fourth-order valence-corrected chi connectivity index (χ4v) is 2.23. The van der Waals surface area contributed by atoms with Crippen molar-refractivity contribution in [2.75, 3.05) is 5.32 Å². The predicted molar refractivity (Wildman–Crippen MR) is 84.3 cm³/mol. The van der Waals surface area contributed by atoms with E-state index < -0.39 is 4.92 Å². The molecule has 0 heterocycles. The van der Waals surface area contributed by atoms with Gasteiger partial charge in [0.05, 0.1) is 16.6 Å². The van der Waals surface area contributed by atoms with Gasteiger partial charge in [-0.25, -0.2) is 0 Å². The van der Waals surface area contributed by atoms with E-state index in [0.717, 1.165) is 9.13 Å². The number of nitrogens with zero attached hydrogens (tertiary/aromatic N) is 2. The fourth-order valence-electron chi connectivity index (χ4n) is 1.75. The Morgan fingerprint density at radius 3 is 2.80 bits per heavy atom. The van der Waals surface area contributed by atoms with E-state index in [9.17, 15) is 10.1 Å². The van der Waals surface area contributed by atoms with Crippen molar-refractivity contribution >= 4 is 34.0 Å². The van der Waals surface area contributed by atoms with Gasteiger partial charge in [0.2, 0.25) is 0 Å². The molecule has 2 rings (SSSR count). The molecule has 0 aliphatic heterocycles. The van der Waals surface area contributed by atoms with E-state index in [1.54, 1.807) is 24.3 Å². The highest BCUT2D eigenvalue weighted by Gasteiger charge is 2.13. The molecule has 0 spiro atoms. The van der Waals surface area contributed by atoms with Gasteiger partial charge in [0.1, 0.15) is 5.69 Å². The summed E-state index contributed by atoms with van der Waals surface area (Å²) in [5.41, 5.74) is 1.99. The number of nitro groups is 1. The van der Waals surface area contributed by atoms with Crippen LogP contribution in [0.3, 0.4) is 0 Å². The van der Waals surface area contributed by atoms with Gasteiger partial charge < -0.3 is 5.32 Å². The lowest BCUT2D eigenvalue weighted by Gasteiger charge is -2.07. The molecule has 0 fully saturated rings. The molecular weight excluding hydrogens is 369 g/mol. The van der Waals surface area contributed by atoms with E-state index in [-0.39, 0.29) is 5.69 Å². The van der Waals surface area contributed by atoms with Crippen LogP contribution in [-0.4, -0.2) is 4.92 Å². The molecule has 20 heavy (non-hydrogen) atoms. The Kier molecular flexibility index (Phi) is 4.53. The SMILES string of the molecule is N#Cc1cccc(CNc2ccc(I)cc2[N+](=O)[O-])c1. The lowest BCUT2D eigenvalue weighted by atomic mass is 10.1. The summed E-state index contributed by atoms with van der Waals surface area (Å²) in [6, 6.07) is 14.2. The minimum atomic E-state index is -0.407. The standard InChI is InChI=1S/C14H10IN3O2/c15-12-4-5-13(14(7-12)18(19)20)17-9-11-3-1-2-10(6-11)8-16/h1-7,17H,9H2. The van der Waals surface area contributed by atoms with E-state index in [4.69, 9.17) is 5.26 Å². The zero-order valence-corrected chi connectivity index (χ0v) is 12.5. The number of anilines is 1. The number of hydrogen-bond acceptors (Lipinski definition) is 4. The molecule has 5 nitrogen and oxygen atoms in total. The van der Waals surface area contributed by atoms with Crippen molar-refractivity contribution in [3.63, 3.8) is 0 Å². The lowest BCUT2D eigenvalue weighted by Crippen LogP contribution is -2.03. The zero-order chi connectivity index (χ0) is 14.5. The second kappa shape index (κ2) is 6.34. The molecule has 6 heteroatoms. The summed E-state index contributed by atoms with van der Waals surface area (Å²) in [5, 5.41) is 22.9. The molecule has 100 valence electrons. The smallest absolute Gasteiger partial charge is 0.293 e. The van der Waals surface area contributed by atoms with E-state index in [2.05, 4.69) is 11.4 Å². The number of benzene rings is 2. The van der Waals surface area contributed by atoms with Crippen molar-refractivity contribution in [2.45, 2.75) is 6.54 Å². The van der Waals surface area contributed by atoms with Gasteiger partial charge in [-0.2, -0.15) is 5.26 Å². The van der Waals surface area contributed by atoms with Crippen molar-refractivity contribution in [3.05, 3.63) is 67.3 Å². The zero-order valence-electron chi connectivity index (χ0n) is 10.3. The van der Waals surface area contributed by atoms with Crippen molar-refractivity contribution in [1.29, 1.82) is 5.26 Å². The van der Waals surface area contributed by atoms with Gasteiger partial charge in [-0.05, 0) is 52.4 Å². The third kappa shape index (κ3) is 3.45. The molecule has 0 amide bonds. The molecule has 0 radical (unpaired) electrons. The summed E-state index contributed by atoms with van der Waals surface area (Å²) < 4.78 is 0.811. The fraction of sp³-hybridized carbons (Fsp3) is 0.0714. The van der Waals surface area contributed by atoms with Crippen LogP contribution >= 0.6 is 22.6 Å². The Morgan fingerprint density at radius 2 is 2.10 bits per heavy atom. The summed E-state index contributed by atoms with van der Waals surface area (Å²) in [6.07, 6.45) is 0. The van der Waals surface area contributed by atoms with Crippen LogP contribution in [0.5, 0.6) is 0 Å². The van der Waals surface area contributed by atoms with E-state index in [1.807, 2.05) is 34.7 Å². The minimum Gasteiger partial charge on any atom is -0.375 e. The number of rotatable bonds is 4. The number of hydrogen-bond donors (Lipinski definition) is 1. The first-order valence-electron chi connectivity index (χ1n) is 5.77. The molecule has 0 atom stereocenters. The van der Waals surface area contributed by atoms with Crippen LogP contribution in [0.1, 0.15) is 11.1 Å².